The third-order valence-corrected chi connectivity index (χ3v) is 9.46. The van der Waals surface area contributed by atoms with Crippen molar-refractivity contribution < 1.29 is 39.0 Å². The number of hydrogen-bond donors (Lipinski definition) is 7. The van der Waals surface area contributed by atoms with Gasteiger partial charge in [-0.15, -0.1) is 0 Å². The van der Waals surface area contributed by atoms with Crippen molar-refractivity contribution in [1.29, 1.82) is 0 Å². The summed E-state index contributed by atoms with van der Waals surface area (Å²) in [5, 5.41) is 29.9. The highest BCUT2D eigenvalue weighted by atomic mass is 16.3. The number of fused-ring (bicyclic) bond motifs is 1. The van der Waals surface area contributed by atoms with Gasteiger partial charge in [0, 0.05) is 49.2 Å². The van der Waals surface area contributed by atoms with Crippen LogP contribution in [0.5, 0.6) is 0 Å². The zero-order chi connectivity index (χ0) is 39.0. The fraction of sp³-hybridized carbons (Fsp3) is 0.641. The Hall–Kier alpha value is -3.94. The number of nitrogens with one attached hydrogen (secondary N) is 4. The summed E-state index contributed by atoms with van der Waals surface area (Å²) in [4.78, 5) is 82.7. The predicted octanol–water partition coefficient (Wildman–Crippen LogP) is 2.89. The number of aliphatic hydroxyl groups excluding tert-OH is 2. The SMILES string of the molecule is CCC(=O)[C@H](Cc1c[nH]c2ccccc12)NC(=O)[C@@H](CC(=O)[C@@H](NC(=O)[C@H](CO)CC(=O)[C@H](CCCCN)NC(=O)CCC(C)C)C(C)C)[C@@H](C)O. The van der Waals surface area contributed by atoms with Gasteiger partial charge in [-0.25, -0.2) is 0 Å². The van der Waals surface area contributed by atoms with Gasteiger partial charge in [0.15, 0.2) is 17.3 Å². The van der Waals surface area contributed by atoms with Crippen molar-refractivity contribution in [2.24, 2.45) is 29.4 Å². The highest BCUT2D eigenvalue weighted by Crippen LogP contribution is 2.21. The third kappa shape index (κ3) is 13.9. The van der Waals surface area contributed by atoms with E-state index in [2.05, 4.69) is 20.9 Å². The molecule has 2 aromatic rings. The smallest absolute Gasteiger partial charge is 0.226 e. The zero-order valence-corrected chi connectivity index (χ0v) is 31.7. The second kappa shape index (κ2) is 22.2. The number of rotatable bonds is 25. The zero-order valence-electron chi connectivity index (χ0n) is 31.7. The molecule has 0 saturated carbocycles. The van der Waals surface area contributed by atoms with Gasteiger partial charge in [-0.1, -0.05) is 52.8 Å². The maximum Gasteiger partial charge on any atom is 0.226 e. The van der Waals surface area contributed by atoms with Gasteiger partial charge in [0.05, 0.1) is 42.7 Å². The number of amides is 3. The molecule has 52 heavy (non-hydrogen) atoms. The van der Waals surface area contributed by atoms with Crippen molar-refractivity contribution in [3.8, 4) is 0 Å². The molecule has 1 aromatic carbocycles. The molecule has 0 spiro atoms. The third-order valence-electron chi connectivity index (χ3n) is 9.46. The van der Waals surface area contributed by atoms with E-state index < -0.39 is 78.4 Å². The number of aromatic amines is 1. The van der Waals surface area contributed by atoms with Crippen molar-refractivity contribution in [3.63, 3.8) is 0 Å². The number of aromatic nitrogens is 1. The Balaban J connectivity index is 2.15. The molecule has 8 N–H and O–H groups in total. The number of hydrogen-bond acceptors (Lipinski definition) is 9. The monoisotopic (exact) mass is 727 g/mol. The Morgan fingerprint density at radius 2 is 1.52 bits per heavy atom. The number of nitrogens with two attached hydrogens (primary N) is 1. The number of H-pyrrole nitrogens is 1. The molecule has 13 nitrogen and oxygen atoms in total. The Bertz CT molecular complexity index is 1490. The predicted molar refractivity (Wildman–Crippen MR) is 200 cm³/mol. The lowest BCUT2D eigenvalue weighted by Gasteiger charge is -2.27. The van der Waals surface area contributed by atoms with Crippen LogP contribution in [0.3, 0.4) is 0 Å². The Kier molecular flexibility index (Phi) is 18.9. The van der Waals surface area contributed by atoms with Crippen LogP contribution >= 0.6 is 0 Å². The summed E-state index contributed by atoms with van der Waals surface area (Å²) in [6, 6.07) is 4.76. The number of carbonyl (C=O) groups excluding carboxylic acids is 6. The van der Waals surface area contributed by atoms with Crippen LogP contribution in [0.15, 0.2) is 30.5 Å². The molecule has 13 heteroatoms. The van der Waals surface area contributed by atoms with Crippen molar-refractivity contribution in [1.82, 2.24) is 20.9 Å². The van der Waals surface area contributed by atoms with Gasteiger partial charge in [-0.05, 0) is 62.6 Å². The lowest BCUT2D eigenvalue weighted by Crippen LogP contribution is -2.51. The lowest BCUT2D eigenvalue weighted by atomic mass is 9.88. The normalized spacial score (nSPS) is 15.1. The Morgan fingerprint density at radius 1 is 0.827 bits per heavy atom. The first-order chi connectivity index (χ1) is 24.6. The molecule has 0 saturated heterocycles. The molecule has 2 rings (SSSR count). The first-order valence-electron chi connectivity index (χ1n) is 18.6. The van der Waals surface area contributed by atoms with E-state index in [0.29, 0.717) is 38.1 Å². The molecule has 0 aliphatic carbocycles. The summed E-state index contributed by atoms with van der Waals surface area (Å²) in [6.45, 7) is 10.2. The highest BCUT2D eigenvalue weighted by molar-refractivity contribution is 5.97. The minimum Gasteiger partial charge on any atom is -0.396 e. The number of benzene rings is 1. The second-order valence-corrected chi connectivity index (χ2v) is 14.6. The van der Waals surface area contributed by atoms with Crippen LogP contribution in [0.1, 0.15) is 98.5 Å². The average molecular weight is 728 g/mol. The molecule has 0 aliphatic rings. The molecule has 6 atom stereocenters. The van der Waals surface area contributed by atoms with Gasteiger partial charge in [0.1, 0.15) is 0 Å². The number of Topliss-reactive ketones (excluding diaryl/α,β-unsaturated/α-hetero) is 3. The number of ketones is 3. The molecule has 0 fully saturated rings. The second-order valence-electron chi connectivity index (χ2n) is 14.6. The number of unbranched alkanes of at least 4 members (excludes halogenated alkanes) is 1. The van der Waals surface area contributed by atoms with Gasteiger partial charge >= 0.3 is 0 Å². The van der Waals surface area contributed by atoms with Gasteiger partial charge in [-0.2, -0.15) is 0 Å². The van der Waals surface area contributed by atoms with Gasteiger partial charge in [-0.3, -0.25) is 28.8 Å². The van der Waals surface area contributed by atoms with E-state index in [4.69, 9.17) is 5.73 Å². The fourth-order valence-corrected chi connectivity index (χ4v) is 6.13. The van der Waals surface area contributed by atoms with E-state index in [-0.39, 0.29) is 37.4 Å². The van der Waals surface area contributed by atoms with Gasteiger partial charge < -0.3 is 36.9 Å². The lowest BCUT2D eigenvalue weighted by molar-refractivity contribution is -0.138. The van der Waals surface area contributed by atoms with Crippen LogP contribution in [0, 0.1) is 23.7 Å². The number of para-hydroxylation sites is 1. The average Bonchev–Trinajstić information content (AvgIpc) is 3.51. The molecule has 1 heterocycles. The van der Waals surface area contributed by atoms with Crippen molar-refractivity contribution in [2.45, 2.75) is 124 Å². The van der Waals surface area contributed by atoms with E-state index in [1.54, 1.807) is 27.0 Å². The summed E-state index contributed by atoms with van der Waals surface area (Å²) in [7, 11) is 0. The van der Waals surface area contributed by atoms with E-state index in [9.17, 15) is 39.0 Å². The molecule has 1 aromatic heterocycles. The van der Waals surface area contributed by atoms with Crippen molar-refractivity contribution in [3.05, 3.63) is 36.0 Å². The van der Waals surface area contributed by atoms with Gasteiger partial charge in [0.25, 0.3) is 0 Å². The minimum atomic E-state index is -1.26. The van der Waals surface area contributed by atoms with E-state index in [0.717, 1.165) is 16.5 Å². The summed E-state index contributed by atoms with van der Waals surface area (Å²) in [5.41, 5.74) is 7.34. The van der Waals surface area contributed by atoms with Crippen LogP contribution in [0.2, 0.25) is 0 Å². The quantitative estimate of drug-likeness (QED) is 0.0747. The van der Waals surface area contributed by atoms with Crippen LogP contribution in [0.25, 0.3) is 10.9 Å². The molecular formula is C39H61N5O8. The maximum atomic E-state index is 13.7. The van der Waals surface area contributed by atoms with Crippen LogP contribution in [-0.2, 0) is 35.2 Å². The molecule has 0 unspecified atom stereocenters. The minimum absolute atomic E-state index is 0.167. The number of aliphatic hydroxyl groups is 2. The van der Waals surface area contributed by atoms with E-state index in [1.807, 2.05) is 38.1 Å². The van der Waals surface area contributed by atoms with E-state index >= 15 is 0 Å². The summed E-state index contributed by atoms with van der Waals surface area (Å²) in [5.74, 6) is -5.34. The molecule has 3 amide bonds. The van der Waals surface area contributed by atoms with Crippen LogP contribution in [0.4, 0.5) is 0 Å². The van der Waals surface area contributed by atoms with Crippen LogP contribution in [-0.4, -0.2) is 87.6 Å². The maximum absolute atomic E-state index is 13.7. The standard InChI is InChI=1S/C39H61N5O8/c1-7-33(47)32(18-26-21-41-30-13-9-8-12-28(26)30)43-39(52)29(25(6)46)20-35(49)37(24(4)5)44-38(51)27(22-45)19-34(48)31(14-10-11-17-40)42-36(50)16-15-23(2)3/h8-9,12-13,21,23-25,27,29,31-32,37,41,45-46H,7,10-11,14-20,22,40H2,1-6H3,(H,42,50)(H,43,52)(H,44,51)/t25-,27+,29+,31+,32+,37+/m1/s1. The van der Waals surface area contributed by atoms with Crippen LogP contribution < -0.4 is 21.7 Å². The Morgan fingerprint density at radius 3 is 2.12 bits per heavy atom. The molecule has 0 bridgehead atoms. The summed E-state index contributed by atoms with van der Waals surface area (Å²) >= 11 is 0. The fourth-order valence-electron chi connectivity index (χ4n) is 6.13. The number of carbonyl (C=O) groups is 6. The first kappa shape index (κ1) is 44.2. The van der Waals surface area contributed by atoms with E-state index in [1.165, 1.54) is 6.92 Å². The van der Waals surface area contributed by atoms with Crippen molar-refractivity contribution >= 4 is 46.0 Å². The molecule has 290 valence electrons. The molecular weight excluding hydrogens is 666 g/mol. The van der Waals surface area contributed by atoms with Gasteiger partial charge in [0.2, 0.25) is 17.7 Å². The topological polar surface area (TPSA) is 221 Å². The summed E-state index contributed by atoms with van der Waals surface area (Å²) < 4.78 is 0. The highest BCUT2D eigenvalue weighted by Gasteiger charge is 2.35. The largest absolute Gasteiger partial charge is 0.396 e. The Labute approximate surface area is 307 Å². The molecule has 0 aliphatic heterocycles. The summed E-state index contributed by atoms with van der Waals surface area (Å²) in [6.07, 6.45) is 2.61. The first-order valence-corrected chi connectivity index (χ1v) is 18.6. The van der Waals surface area contributed by atoms with Crippen molar-refractivity contribution in [2.75, 3.05) is 13.2 Å². The molecule has 0 radical (unpaired) electrons.